The SMILES string of the molecule is CC1=CC(c2cnc(N(C)C)nc2)=CCC1. The van der Waals surface area contributed by atoms with Crippen LogP contribution >= 0.6 is 0 Å². The highest BCUT2D eigenvalue weighted by atomic mass is 15.2. The van der Waals surface area contributed by atoms with E-state index >= 15 is 0 Å². The maximum absolute atomic E-state index is 4.32. The third kappa shape index (κ3) is 2.30. The monoisotopic (exact) mass is 215 g/mol. The Morgan fingerprint density at radius 3 is 2.44 bits per heavy atom. The van der Waals surface area contributed by atoms with Crippen LogP contribution in [0.25, 0.3) is 5.57 Å². The summed E-state index contributed by atoms with van der Waals surface area (Å²) in [6, 6.07) is 0. The van der Waals surface area contributed by atoms with Crippen LogP contribution in [0.4, 0.5) is 5.95 Å². The topological polar surface area (TPSA) is 29.0 Å². The predicted octanol–water partition coefficient (Wildman–Crippen LogP) is 2.67. The minimum absolute atomic E-state index is 0.751. The van der Waals surface area contributed by atoms with Gasteiger partial charge < -0.3 is 4.90 Å². The van der Waals surface area contributed by atoms with Crippen LogP contribution in [0.1, 0.15) is 25.3 Å². The van der Waals surface area contributed by atoms with Gasteiger partial charge in [-0.05, 0) is 25.3 Å². The fourth-order valence-corrected chi connectivity index (χ4v) is 1.75. The smallest absolute Gasteiger partial charge is 0.224 e. The molecule has 0 atom stereocenters. The summed E-state index contributed by atoms with van der Waals surface area (Å²) in [5.41, 5.74) is 3.77. The quantitative estimate of drug-likeness (QED) is 0.759. The molecule has 0 bridgehead atoms. The molecule has 1 aliphatic rings. The van der Waals surface area contributed by atoms with E-state index in [1.165, 1.54) is 17.6 Å². The molecule has 0 aromatic carbocycles. The normalized spacial score (nSPS) is 15.4. The number of nitrogens with zero attached hydrogens (tertiary/aromatic N) is 3. The summed E-state index contributed by atoms with van der Waals surface area (Å²) in [5.74, 6) is 0.751. The maximum atomic E-state index is 4.32. The molecule has 2 rings (SSSR count). The van der Waals surface area contributed by atoms with Crippen LogP contribution in [0.3, 0.4) is 0 Å². The van der Waals surface area contributed by atoms with E-state index in [9.17, 15) is 0 Å². The lowest BCUT2D eigenvalue weighted by Gasteiger charge is -2.12. The Morgan fingerprint density at radius 1 is 1.19 bits per heavy atom. The molecule has 0 aliphatic heterocycles. The van der Waals surface area contributed by atoms with E-state index in [1.54, 1.807) is 0 Å². The molecule has 0 spiro atoms. The first-order valence-electron chi connectivity index (χ1n) is 5.54. The molecule has 0 radical (unpaired) electrons. The van der Waals surface area contributed by atoms with Crippen molar-refractivity contribution in [3.63, 3.8) is 0 Å². The molecule has 3 heteroatoms. The number of anilines is 1. The number of aromatic nitrogens is 2. The van der Waals surface area contributed by atoms with Crippen LogP contribution in [0.5, 0.6) is 0 Å². The molecule has 16 heavy (non-hydrogen) atoms. The average molecular weight is 215 g/mol. The van der Waals surface area contributed by atoms with Gasteiger partial charge in [0.1, 0.15) is 0 Å². The van der Waals surface area contributed by atoms with Gasteiger partial charge in [0.15, 0.2) is 0 Å². The van der Waals surface area contributed by atoms with E-state index in [-0.39, 0.29) is 0 Å². The van der Waals surface area contributed by atoms with E-state index in [1.807, 2.05) is 31.4 Å². The molecular weight excluding hydrogens is 198 g/mol. The molecule has 1 aliphatic carbocycles. The summed E-state index contributed by atoms with van der Waals surface area (Å²) >= 11 is 0. The molecule has 0 saturated carbocycles. The minimum atomic E-state index is 0.751. The second-order valence-electron chi connectivity index (χ2n) is 4.35. The number of hydrogen-bond donors (Lipinski definition) is 0. The van der Waals surface area contributed by atoms with Gasteiger partial charge >= 0.3 is 0 Å². The zero-order valence-electron chi connectivity index (χ0n) is 10.1. The fraction of sp³-hybridized carbons (Fsp3) is 0.385. The molecular formula is C13H17N3. The lowest BCUT2D eigenvalue weighted by atomic mass is 9.97. The summed E-state index contributed by atoms with van der Waals surface area (Å²) in [5, 5.41) is 0. The summed E-state index contributed by atoms with van der Waals surface area (Å²) in [6.07, 6.45) is 10.5. The molecule has 3 nitrogen and oxygen atoms in total. The number of allylic oxidation sites excluding steroid dienone is 4. The van der Waals surface area contributed by atoms with Gasteiger partial charge in [-0.2, -0.15) is 0 Å². The van der Waals surface area contributed by atoms with Crippen molar-refractivity contribution in [3.8, 4) is 0 Å². The van der Waals surface area contributed by atoms with Crippen molar-refractivity contribution in [1.29, 1.82) is 0 Å². The van der Waals surface area contributed by atoms with Crippen LogP contribution in [0.2, 0.25) is 0 Å². The molecule has 1 heterocycles. The zero-order valence-corrected chi connectivity index (χ0v) is 10.1. The zero-order chi connectivity index (χ0) is 11.5. The van der Waals surface area contributed by atoms with Crippen molar-refractivity contribution in [2.75, 3.05) is 19.0 Å². The van der Waals surface area contributed by atoms with Crippen LogP contribution in [0.15, 0.2) is 30.1 Å². The highest BCUT2D eigenvalue weighted by Crippen LogP contribution is 2.24. The largest absolute Gasteiger partial charge is 0.347 e. The van der Waals surface area contributed by atoms with Crippen LogP contribution in [0, 0.1) is 0 Å². The van der Waals surface area contributed by atoms with Crippen molar-refractivity contribution in [1.82, 2.24) is 9.97 Å². The van der Waals surface area contributed by atoms with E-state index in [0.717, 1.165) is 17.9 Å². The van der Waals surface area contributed by atoms with Crippen molar-refractivity contribution in [2.24, 2.45) is 0 Å². The Bertz CT molecular complexity index is 427. The second-order valence-corrected chi connectivity index (χ2v) is 4.35. The molecule has 0 saturated heterocycles. The second kappa shape index (κ2) is 4.47. The lowest BCUT2D eigenvalue weighted by Crippen LogP contribution is -2.12. The van der Waals surface area contributed by atoms with Gasteiger partial charge in [-0.15, -0.1) is 0 Å². The third-order valence-electron chi connectivity index (χ3n) is 2.68. The van der Waals surface area contributed by atoms with E-state index in [4.69, 9.17) is 0 Å². The standard InChI is InChI=1S/C13H17N3/c1-10-5-4-6-11(7-10)12-8-14-13(15-9-12)16(2)3/h6-9H,4-5H2,1-3H3. The first kappa shape index (κ1) is 10.9. The Hall–Kier alpha value is -1.64. The van der Waals surface area contributed by atoms with E-state index < -0.39 is 0 Å². The van der Waals surface area contributed by atoms with Crippen LogP contribution in [-0.4, -0.2) is 24.1 Å². The predicted molar refractivity (Wildman–Crippen MR) is 67.3 cm³/mol. The van der Waals surface area contributed by atoms with Crippen molar-refractivity contribution in [2.45, 2.75) is 19.8 Å². The van der Waals surface area contributed by atoms with Crippen LogP contribution < -0.4 is 4.90 Å². The Labute approximate surface area is 96.5 Å². The van der Waals surface area contributed by atoms with Crippen molar-refractivity contribution < 1.29 is 0 Å². The van der Waals surface area contributed by atoms with Crippen LogP contribution in [-0.2, 0) is 0 Å². The molecule has 84 valence electrons. The minimum Gasteiger partial charge on any atom is -0.347 e. The first-order valence-corrected chi connectivity index (χ1v) is 5.54. The molecule has 1 aromatic heterocycles. The molecule has 1 aromatic rings. The van der Waals surface area contributed by atoms with Crippen molar-refractivity contribution >= 4 is 11.5 Å². The fourth-order valence-electron chi connectivity index (χ4n) is 1.75. The average Bonchev–Trinajstić information content (AvgIpc) is 2.29. The van der Waals surface area contributed by atoms with E-state index in [0.29, 0.717) is 0 Å². The highest BCUT2D eigenvalue weighted by Gasteiger charge is 2.06. The van der Waals surface area contributed by atoms with Gasteiger partial charge in [-0.25, -0.2) is 9.97 Å². The molecule has 0 N–H and O–H groups in total. The summed E-state index contributed by atoms with van der Waals surface area (Å²) in [4.78, 5) is 10.5. The first-order chi connectivity index (χ1) is 7.66. The number of rotatable bonds is 2. The molecule has 0 amide bonds. The summed E-state index contributed by atoms with van der Waals surface area (Å²) in [6.45, 7) is 2.17. The van der Waals surface area contributed by atoms with Gasteiger partial charge in [-0.1, -0.05) is 17.7 Å². The van der Waals surface area contributed by atoms with E-state index in [2.05, 4.69) is 29.0 Å². The molecule has 0 unspecified atom stereocenters. The van der Waals surface area contributed by atoms with Gasteiger partial charge in [0, 0.05) is 32.1 Å². The summed E-state index contributed by atoms with van der Waals surface area (Å²) < 4.78 is 0. The Morgan fingerprint density at radius 2 is 1.88 bits per heavy atom. The van der Waals surface area contributed by atoms with Gasteiger partial charge in [0.2, 0.25) is 5.95 Å². The number of hydrogen-bond acceptors (Lipinski definition) is 3. The van der Waals surface area contributed by atoms with Gasteiger partial charge in [0.25, 0.3) is 0 Å². The maximum Gasteiger partial charge on any atom is 0.224 e. The van der Waals surface area contributed by atoms with Crippen molar-refractivity contribution in [3.05, 3.63) is 35.7 Å². The van der Waals surface area contributed by atoms with Gasteiger partial charge in [0.05, 0.1) is 0 Å². The third-order valence-corrected chi connectivity index (χ3v) is 2.68. The Kier molecular flexibility index (Phi) is 3.04. The molecule has 0 fully saturated rings. The summed E-state index contributed by atoms with van der Waals surface area (Å²) in [7, 11) is 3.89. The lowest BCUT2D eigenvalue weighted by molar-refractivity contribution is 0.961. The van der Waals surface area contributed by atoms with Gasteiger partial charge in [-0.3, -0.25) is 0 Å². The highest BCUT2D eigenvalue weighted by molar-refractivity contribution is 5.74. The Balaban J connectivity index is 2.25.